The second-order valence-corrected chi connectivity index (χ2v) is 8.91. The van der Waals surface area contributed by atoms with Gasteiger partial charge in [-0.25, -0.2) is 8.42 Å². The van der Waals surface area contributed by atoms with Crippen LogP contribution in [0.3, 0.4) is 0 Å². The Hall–Kier alpha value is -2.89. The minimum absolute atomic E-state index is 0.0306. The predicted molar refractivity (Wildman–Crippen MR) is 109 cm³/mol. The fourth-order valence-electron chi connectivity index (χ4n) is 3.37. The number of sulfonamides is 1. The molecule has 7 nitrogen and oxygen atoms in total. The van der Waals surface area contributed by atoms with Crippen molar-refractivity contribution in [3.8, 4) is 6.07 Å². The van der Waals surface area contributed by atoms with E-state index in [1.165, 1.54) is 24.3 Å². The van der Waals surface area contributed by atoms with E-state index in [0.717, 1.165) is 4.31 Å². The molecule has 0 saturated carbocycles. The summed E-state index contributed by atoms with van der Waals surface area (Å²) in [6.45, 7) is 4.26. The summed E-state index contributed by atoms with van der Waals surface area (Å²) in [5.41, 5.74) is 0.624. The zero-order valence-corrected chi connectivity index (χ0v) is 17.2. The number of hydrogen-bond donors (Lipinski definition) is 0. The van der Waals surface area contributed by atoms with Crippen LogP contribution in [0.15, 0.2) is 59.5 Å². The molecule has 1 aliphatic heterocycles. The maximum absolute atomic E-state index is 13.4. The Morgan fingerprint density at radius 3 is 2.41 bits per heavy atom. The number of morpholine rings is 1. The van der Waals surface area contributed by atoms with Crippen molar-refractivity contribution in [2.24, 2.45) is 0 Å². The average molecular weight is 413 g/mol. The molecule has 2 aromatic rings. The average Bonchev–Trinajstić information content (AvgIpc) is 2.71. The number of amides is 1. The quantitative estimate of drug-likeness (QED) is 0.751. The first kappa shape index (κ1) is 20.8. The third kappa shape index (κ3) is 4.75. The molecule has 2 unspecified atom stereocenters. The van der Waals surface area contributed by atoms with E-state index in [9.17, 15) is 13.2 Å². The molecular weight excluding hydrogens is 390 g/mol. The second-order valence-electron chi connectivity index (χ2n) is 7.04. The highest BCUT2D eigenvalue weighted by Crippen LogP contribution is 2.24. The molecule has 0 N–H and O–H groups in total. The molecule has 152 valence electrons. The summed E-state index contributed by atoms with van der Waals surface area (Å²) >= 11 is 0. The van der Waals surface area contributed by atoms with Crippen LogP contribution in [0.4, 0.5) is 5.69 Å². The highest BCUT2D eigenvalue weighted by molar-refractivity contribution is 7.92. The first-order valence-corrected chi connectivity index (χ1v) is 10.8. The van der Waals surface area contributed by atoms with Crippen molar-refractivity contribution >= 4 is 21.6 Å². The summed E-state index contributed by atoms with van der Waals surface area (Å²) in [6, 6.07) is 16.2. The zero-order chi connectivity index (χ0) is 21.0. The molecule has 2 aromatic carbocycles. The van der Waals surface area contributed by atoms with Crippen LogP contribution in [0.2, 0.25) is 0 Å². The highest BCUT2D eigenvalue weighted by atomic mass is 32.2. The minimum atomic E-state index is -4.04. The number of nitriles is 1. The molecule has 0 aliphatic carbocycles. The minimum Gasteiger partial charge on any atom is -0.372 e. The fourth-order valence-corrected chi connectivity index (χ4v) is 4.83. The van der Waals surface area contributed by atoms with E-state index >= 15 is 0 Å². The Bertz CT molecular complexity index is 1010. The molecule has 1 heterocycles. The summed E-state index contributed by atoms with van der Waals surface area (Å²) in [5, 5.41) is 9.12. The number of anilines is 1. The summed E-state index contributed by atoms with van der Waals surface area (Å²) in [7, 11) is -4.04. The number of para-hydroxylation sites is 1. The highest BCUT2D eigenvalue weighted by Gasteiger charge is 2.32. The van der Waals surface area contributed by atoms with Crippen LogP contribution in [0.1, 0.15) is 19.4 Å². The third-order valence-corrected chi connectivity index (χ3v) is 6.42. The van der Waals surface area contributed by atoms with Gasteiger partial charge in [0.25, 0.3) is 10.0 Å². The normalized spacial score (nSPS) is 19.4. The number of rotatable bonds is 5. The number of benzene rings is 2. The lowest BCUT2D eigenvalue weighted by molar-refractivity contribution is -0.141. The van der Waals surface area contributed by atoms with Crippen LogP contribution >= 0.6 is 0 Å². The Morgan fingerprint density at radius 2 is 1.79 bits per heavy atom. The van der Waals surface area contributed by atoms with Gasteiger partial charge in [-0.3, -0.25) is 9.10 Å². The molecule has 1 fully saturated rings. The Morgan fingerprint density at radius 1 is 1.14 bits per heavy atom. The number of carbonyl (C=O) groups is 1. The molecule has 1 aliphatic rings. The molecule has 29 heavy (non-hydrogen) atoms. The van der Waals surface area contributed by atoms with Crippen LogP contribution < -0.4 is 4.31 Å². The van der Waals surface area contributed by atoms with Crippen molar-refractivity contribution in [3.63, 3.8) is 0 Å². The fraction of sp³-hybridized carbons (Fsp3) is 0.333. The lowest BCUT2D eigenvalue weighted by Gasteiger charge is -2.36. The molecule has 1 saturated heterocycles. The van der Waals surface area contributed by atoms with Gasteiger partial charge >= 0.3 is 0 Å². The standard InChI is InChI=1S/C21H23N3O4S/c1-16-13-23(14-17(2)28-16)21(25)15-24(19-8-4-3-5-9-19)29(26,27)20-10-6-7-18(11-20)12-22/h3-11,16-17H,13-15H2,1-2H3. The van der Waals surface area contributed by atoms with Crippen molar-refractivity contribution < 1.29 is 17.9 Å². The molecule has 0 bridgehead atoms. The van der Waals surface area contributed by atoms with Crippen LogP contribution in [0.25, 0.3) is 0 Å². The maximum atomic E-state index is 13.4. The van der Waals surface area contributed by atoms with E-state index in [1.807, 2.05) is 19.9 Å². The molecule has 1 amide bonds. The predicted octanol–water partition coefficient (Wildman–Crippen LogP) is 2.39. The van der Waals surface area contributed by atoms with E-state index in [-0.39, 0.29) is 35.1 Å². The van der Waals surface area contributed by atoms with Gasteiger partial charge in [0.1, 0.15) is 6.54 Å². The molecule has 0 radical (unpaired) electrons. The summed E-state index contributed by atoms with van der Waals surface area (Å²) in [5.74, 6) is -0.295. The molecule has 0 spiro atoms. The lowest BCUT2D eigenvalue weighted by Crippen LogP contribution is -2.51. The summed E-state index contributed by atoms with van der Waals surface area (Å²) < 4.78 is 33.5. The van der Waals surface area contributed by atoms with E-state index in [0.29, 0.717) is 18.8 Å². The van der Waals surface area contributed by atoms with Gasteiger partial charge in [0, 0.05) is 13.1 Å². The first-order valence-electron chi connectivity index (χ1n) is 9.32. The van der Waals surface area contributed by atoms with Gasteiger partial charge in [0.15, 0.2) is 0 Å². The molecular formula is C21H23N3O4S. The largest absolute Gasteiger partial charge is 0.372 e. The molecule has 2 atom stereocenters. The van der Waals surface area contributed by atoms with Gasteiger partial charge in [-0.15, -0.1) is 0 Å². The van der Waals surface area contributed by atoms with Gasteiger partial charge in [-0.1, -0.05) is 24.3 Å². The molecule has 3 rings (SSSR count). The Labute approximate surface area is 171 Å². The first-order chi connectivity index (χ1) is 13.8. The lowest BCUT2D eigenvalue weighted by atomic mass is 10.2. The second kappa shape index (κ2) is 8.64. The Balaban J connectivity index is 1.95. The van der Waals surface area contributed by atoms with Crippen molar-refractivity contribution in [1.29, 1.82) is 5.26 Å². The zero-order valence-electron chi connectivity index (χ0n) is 16.4. The van der Waals surface area contributed by atoms with Crippen molar-refractivity contribution in [3.05, 3.63) is 60.2 Å². The topological polar surface area (TPSA) is 90.7 Å². The number of nitrogens with zero attached hydrogens (tertiary/aromatic N) is 3. The van der Waals surface area contributed by atoms with Gasteiger partial charge < -0.3 is 9.64 Å². The van der Waals surface area contributed by atoms with Gasteiger partial charge in [0.05, 0.1) is 34.4 Å². The molecule has 0 aromatic heterocycles. The van der Waals surface area contributed by atoms with Crippen molar-refractivity contribution in [1.82, 2.24) is 4.90 Å². The summed E-state index contributed by atoms with van der Waals surface area (Å²) in [4.78, 5) is 14.6. The number of ether oxygens (including phenoxy) is 1. The summed E-state index contributed by atoms with van der Waals surface area (Å²) in [6.07, 6.45) is -0.228. The van der Waals surface area contributed by atoms with Crippen molar-refractivity contribution in [2.45, 2.75) is 31.0 Å². The third-order valence-electron chi connectivity index (χ3n) is 4.65. The molecule has 8 heteroatoms. The number of hydrogen-bond acceptors (Lipinski definition) is 5. The van der Waals surface area contributed by atoms with Crippen LogP contribution in [0.5, 0.6) is 0 Å². The van der Waals surface area contributed by atoms with Crippen molar-refractivity contribution in [2.75, 3.05) is 23.9 Å². The van der Waals surface area contributed by atoms with Gasteiger partial charge in [-0.05, 0) is 44.2 Å². The van der Waals surface area contributed by atoms with E-state index in [2.05, 4.69) is 0 Å². The van der Waals surface area contributed by atoms with Crippen LogP contribution in [-0.4, -0.2) is 51.1 Å². The maximum Gasteiger partial charge on any atom is 0.264 e. The SMILES string of the molecule is CC1CN(C(=O)CN(c2ccccc2)S(=O)(=O)c2cccc(C#N)c2)CC(C)O1. The van der Waals surface area contributed by atoms with Gasteiger partial charge in [-0.2, -0.15) is 5.26 Å². The number of carbonyl (C=O) groups excluding carboxylic acids is 1. The Kier molecular flexibility index (Phi) is 6.20. The smallest absolute Gasteiger partial charge is 0.264 e. The monoisotopic (exact) mass is 413 g/mol. The van der Waals surface area contributed by atoms with Crippen LogP contribution in [-0.2, 0) is 19.6 Å². The van der Waals surface area contributed by atoms with E-state index in [4.69, 9.17) is 10.00 Å². The van der Waals surface area contributed by atoms with E-state index in [1.54, 1.807) is 35.2 Å². The van der Waals surface area contributed by atoms with Gasteiger partial charge in [0.2, 0.25) is 5.91 Å². The van der Waals surface area contributed by atoms with Crippen LogP contribution in [0, 0.1) is 11.3 Å². The van der Waals surface area contributed by atoms with E-state index < -0.39 is 10.0 Å².